The van der Waals surface area contributed by atoms with Crippen molar-refractivity contribution in [3.8, 4) is 5.95 Å². The minimum Gasteiger partial charge on any atom is -0.368 e. The zero-order valence-corrected chi connectivity index (χ0v) is 10.3. The van der Waals surface area contributed by atoms with E-state index in [1.807, 2.05) is 34.0 Å². The lowest BCUT2D eigenvalue weighted by molar-refractivity contribution is 0.762. The van der Waals surface area contributed by atoms with Crippen LogP contribution in [0.4, 0.5) is 11.9 Å². The summed E-state index contributed by atoms with van der Waals surface area (Å²) in [4.78, 5) is 14.2. The van der Waals surface area contributed by atoms with Gasteiger partial charge < -0.3 is 10.6 Å². The molecule has 17 heavy (non-hydrogen) atoms. The van der Waals surface area contributed by atoms with Gasteiger partial charge in [0.15, 0.2) is 0 Å². The lowest BCUT2D eigenvalue weighted by Crippen LogP contribution is -2.17. The second-order valence-corrected chi connectivity index (χ2v) is 4.03. The number of aryl methyl sites for hydroxylation is 2. The van der Waals surface area contributed by atoms with Crippen LogP contribution in [0.2, 0.25) is 0 Å². The van der Waals surface area contributed by atoms with Crippen molar-refractivity contribution in [3.63, 3.8) is 0 Å². The van der Waals surface area contributed by atoms with Gasteiger partial charge in [0.2, 0.25) is 11.9 Å². The number of hydrogen-bond acceptors (Lipinski definition) is 6. The average Bonchev–Trinajstić information content (AvgIpc) is 2.57. The van der Waals surface area contributed by atoms with Crippen LogP contribution >= 0.6 is 0 Å². The van der Waals surface area contributed by atoms with Gasteiger partial charge in [-0.05, 0) is 19.9 Å². The van der Waals surface area contributed by atoms with E-state index in [-0.39, 0.29) is 5.95 Å². The topological polar surface area (TPSA) is 85.8 Å². The molecule has 0 aliphatic rings. The summed E-state index contributed by atoms with van der Waals surface area (Å²) in [5, 5.41) is 4.31. The van der Waals surface area contributed by atoms with Gasteiger partial charge in [0, 0.05) is 19.8 Å². The van der Waals surface area contributed by atoms with E-state index < -0.39 is 0 Å². The maximum atomic E-state index is 5.66. The van der Waals surface area contributed by atoms with Crippen LogP contribution < -0.4 is 10.6 Å². The van der Waals surface area contributed by atoms with Crippen molar-refractivity contribution in [1.29, 1.82) is 0 Å². The van der Waals surface area contributed by atoms with Gasteiger partial charge in [-0.2, -0.15) is 20.1 Å². The van der Waals surface area contributed by atoms with Crippen molar-refractivity contribution in [2.45, 2.75) is 13.8 Å². The third kappa shape index (κ3) is 2.17. The van der Waals surface area contributed by atoms with Crippen LogP contribution in [-0.2, 0) is 0 Å². The van der Waals surface area contributed by atoms with Gasteiger partial charge in [0.05, 0.1) is 5.69 Å². The van der Waals surface area contributed by atoms with Crippen LogP contribution in [0.15, 0.2) is 6.07 Å². The smallest absolute Gasteiger partial charge is 0.257 e. The Morgan fingerprint density at radius 3 is 2.41 bits per heavy atom. The first kappa shape index (κ1) is 11.3. The van der Waals surface area contributed by atoms with Gasteiger partial charge in [0.25, 0.3) is 5.95 Å². The summed E-state index contributed by atoms with van der Waals surface area (Å²) in [7, 11) is 3.69. The minimum absolute atomic E-state index is 0.186. The van der Waals surface area contributed by atoms with E-state index in [2.05, 4.69) is 20.1 Å². The van der Waals surface area contributed by atoms with Crippen molar-refractivity contribution in [1.82, 2.24) is 24.7 Å². The monoisotopic (exact) mass is 233 g/mol. The molecule has 7 nitrogen and oxygen atoms in total. The Kier molecular flexibility index (Phi) is 2.66. The number of nitrogen functional groups attached to an aromatic ring is 1. The molecule has 0 aromatic carbocycles. The van der Waals surface area contributed by atoms with E-state index in [1.165, 1.54) is 0 Å². The summed E-state index contributed by atoms with van der Waals surface area (Å²) in [6.45, 7) is 3.86. The van der Waals surface area contributed by atoms with Gasteiger partial charge in [-0.3, -0.25) is 0 Å². The van der Waals surface area contributed by atoms with Gasteiger partial charge in [-0.1, -0.05) is 0 Å². The highest BCUT2D eigenvalue weighted by atomic mass is 15.4. The standard InChI is InChI=1S/C10H15N7/c1-6-5-7(2)17(15-6)10-13-8(11)12-9(14-10)16(3)4/h5H,1-4H3,(H2,11,12,13,14). The molecule has 0 aliphatic carbocycles. The van der Waals surface area contributed by atoms with Gasteiger partial charge >= 0.3 is 0 Å². The van der Waals surface area contributed by atoms with Crippen molar-refractivity contribution in [3.05, 3.63) is 17.5 Å². The first-order valence-electron chi connectivity index (χ1n) is 5.20. The fourth-order valence-corrected chi connectivity index (χ4v) is 1.50. The molecule has 2 aromatic rings. The van der Waals surface area contributed by atoms with Crippen molar-refractivity contribution >= 4 is 11.9 Å². The van der Waals surface area contributed by atoms with Crippen LogP contribution in [0.25, 0.3) is 5.95 Å². The molecule has 0 spiro atoms. The Morgan fingerprint density at radius 2 is 1.88 bits per heavy atom. The lowest BCUT2D eigenvalue weighted by atomic mass is 10.4. The maximum Gasteiger partial charge on any atom is 0.257 e. The van der Waals surface area contributed by atoms with E-state index >= 15 is 0 Å². The molecule has 0 saturated carbocycles. The van der Waals surface area contributed by atoms with Crippen LogP contribution in [0.3, 0.4) is 0 Å². The molecule has 90 valence electrons. The Labute approximate surface area is 99.3 Å². The summed E-state index contributed by atoms with van der Waals surface area (Å²) in [6, 6.07) is 1.95. The van der Waals surface area contributed by atoms with Crippen molar-refractivity contribution in [2.75, 3.05) is 24.7 Å². The zero-order chi connectivity index (χ0) is 12.6. The fraction of sp³-hybridized carbons (Fsp3) is 0.400. The Hall–Kier alpha value is -2.18. The quantitative estimate of drug-likeness (QED) is 0.804. The molecule has 0 bridgehead atoms. The molecule has 0 saturated heterocycles. The first-order chi connectivity index (χ1) is 7.97. The zero-order valence-electron chi connectivity index (χ0n) is 10.3. The van der Waals surface area contributed by atoms with Gasteiger partial charge in [-0.25, -0.2) is 4.68 Å². The third-order valence-corrected chi connectivity index (χ3v) is 2.23. The first-order valence-corrected chi connectivity index (χ1v) is 5.20. The van der Waals surface area contributed by atoms with E-state index in [1.54, 1.807) is 9.58 Å². The number of aromatic nitrogens is 5. The molecule has 2 aromatic heterocycles. The van der Waals surface area contributed by atoms with Crippen LogP contribution in [0, 0.1) is 13.8 Å². The number of anilines is 2. The molecule has 0 aliphatic heterocycles. The van der Waals surface area contributed by atoms with E-state index in [0.29, 0.717) is 11.9 Å². The molecule has 0 amide bonds. The second kappa shape index (κ2) is 4.00. The third-order valence-electron chi connectivity index (χ3n) is 2.23. The average molecular weight is 233 g/mol. The number of rotatable bonds is 2. The van der Waals surface area contributed by atoms with Gasteiger partial charge in [-0.15, -0.1) is 0 Å². The molecule has 2 rings (SSSR count). The molecule has 2 N–H and O–H groups in total. The highest BCUT2D eigenvalue weighted by Gasteiger charge is 2.10. The second-order valence-electron chi connectivity index (χ2n) is 4.03. The Bertz CT molecular complexity index is 544. The molecular formula is C10H15N7. The number of hydrogen-bond donors (Lipinski definition) is 1. The molecular weight excluding hydrogens is 218 g/mol. The molecule has 0 radical (unpaired) electrons. The summed E-state index contributed by atoms with van der Waals surface area (Å²) < 4.78 is 1.65. The summed E-state index contributed by atoms with van der Waals surface area (Å²) in [5.74, 6) is 1.14. The highest BCUT2D eigenvalue weighted by Crippen LogP contribution is 2.11. The fourth-order valence-electron chi connectivity index (χ4n) is 1.50. The summed E-state index contributed by atoms with van der Waals surface area (Å²) in [6.07, 6.45) is 0. The largest absolute Gasteiger partial charge is 0.368 e. The van der Waals surface area contributed by atoms with Gasteiger partial charge in [0.1, 0.15) is 0 Å². The highest BCUT2D eigenvalue weighted by molar-refractivity contribution is 5.36. The van der Waals surface area contributed by atoms with Crippen LogP contribution in [0.5, 0.6) is 0 Å². The maximum absolute atomic E-state index is 5.66. The molecule has 0 fully saturated rings. The van der Waals surface area contributed by atoms with Crippen molar-refractivity contribution in [2.24, 2.45) is 0 Å². The Morgan fingerprint density at radius 1 is 1.18 bits per heavy atom. The molecule has 0 unspecified atom stereocenters. The number of nitrogens with two attached hydrogens (primary N) is 1. The van der Waals surface area contributed by atoms with Crippen LogP contribution in [0.1, 0.15) is 11.4 Å². The minimum atomic E-state index is 0.186. The number of nitrogens with zero attached hydrogens (tertiary/aromatic N) is 6. The van der Waals surface area contributed by atoms with Crippen LogP contribution in [-0.4, -0.2) is 38.8 Å². The summed E-state index contributed by atoms with van der Waals surface area (Å²) >= 11 is 0. The van der Waals surface area contributed by atoms with E-state index in [0.717, 1.165) is 11.4 Å². The normalized spacial score (nSPS) is 10.6. The predicted molar refractivity (Wildman–Crippen MR) is 65.2 cm³/mol. The van der Waals surface area contributed by atoms with E-state index in [4.69, 9.17) is 5.73 Å². The Balaban J connectivity index is 2.55. The SMILES string of the molecule is Cc1cc(C)n(-c2nc(N)nc(N(C)C)n2)n1. The van der Waals surface area contributed by atoms with E-state index in [9.17, 15) is 0 Å². The predicted octanol–water partition coefficient (Wildman–Crippen LogP) is 0.322. The lowest BCUT2D eigenvalue weighted by Gasteiger charge is -2.11. The van der Waals surface area contributed by atoms with Crippen molar-refractivity contribution < 1.29 is 0 Å². The molecule has 0 atom stereocenters. The molecule has 7 heteroatoms. The molecule has 2 heterocycles. The summed E-state index contributed by atoms with van der Waals surface area (Å²) in [5.41, 5.74) is 7.53.